The molecule has 0 aliphatic heterocycles. The first-order valence-corrected chi connectivity index (χ1v) is 8.36. The molecule has 0 aliphatic carbocycles. The zero-order chi connectivity index (χ0) is 15.7. The standard InChI is InChI=1S/C15H25NO3S/c1-7-11(3)19-13-8-10(2)14(20(16,17)18)9-12(13)15(4,5)6/h8-9,11H,7H2,1-6H3,(H2,16,17,18). The molecule has 1 aromatic carbocycles. The number of primary sulfonamides is 1. The SMILES string of the molecule is CCC(C)Oc1cc(C)c(S(N)(=O)=O)cc1C(C)(C)C. The monoisotopic (exact) mass is 299 g/mol. The van der Waals surface area contributed by atoms with Crippen molar-refractivity contribution in [2.45, 2.75) is 64.4 Å². The van der Waals surface area contributed by atoms with E-state index in [0.29, 0.717) is 5.56 Å². The van der Waals surface area contributed by atoms with E-state index >= 15 is 0 Å². The highest BCUT2D eigenvalue weighted by atomic mass is 32.2. The summed E-state index contributed by atoms with van der Waals surface area (Å²) in [5.41, 5.74) is 1.24. The van der Waals surface area contributed by atoms with E-state index < -0.39 is 10.0 Å². The lowest BCUT2D eigenvalue weighted by molar-refractivity contribution is 0.212. The van der Waals surface area contributed by atoms with E-state index in [1.54, 1.807) is 19.1 Å². The molecule has 0 heterocycles. The molecule has 1 atom stereocenters. The van der Waals surface area contributed by atoms with Crippen LogP contribution in [0.3, 0.4) is 0 Å². The first-order chi connectivity index (χ1) is 8.96. The van der Waals surface area contributed by atoms with Crippen LogP contribution in [-0.2, 0) is 15.4 Å². The Morgan fingerprint density at radius 1 is 1.30 bits per heavy atom. The summed E-state index contributed by atoms with van der Waals surface area (Å²) in [6, 6.07) is 3.41. The van der Waals surface area contributed by atoms with Crippen molar-refractivity contribution in [1.29, 1.82) is 0 Å². The minimum Gasteiger partial charge on any atom is -0.490 e. The molecule has 0 radical (unpaired) electrons. The zero-order valence-electron chi connectivity index (χ0n) is 13.1. The summed E-state index contributed by atoms with van der Waals surface area (Å²) in [5, 5.41) is 5.28. The highest BCUT2D eigenvalue weighted by Gasteiger charge is 2.24. The Balaban J connectivity index is 3.50. The Labute approximate surface area is 122 Å². The molecule has 1 unspecified atom stereocenters. The van der Waals surface area contributed by atoms with Gasteiger partial charge in [0.2, 0.25) is 10.0 Å². The van der Waals surface area contributed by atoms with E-state index in [1.807, 2.05) is 34.6 Å². The Kier molecular flexibility index (Phi) is 4.87. The number of sulfonamides is 1. The first-order valence-electron chi connectivity index (χ1n) is 6.81. The number of rotatable bonds is 4. The molecule has 1 rings (SSSR count). The van der Waals surface area contributed by atoms with Gasteiger partial charge in [-0.05, 0) is 43.4 Å². The van der Waals surface area contributed by atoms with Crippen LogP contribution in [0.15, 0.2) is 17.0 Å². The van der Waals surface area contributed by atoms with Crippen molar-refractivity contribution < 1.29 is 13.2 Å². The van der Waals surface area contributed by atoms with Gasteiger partial charge in [-0.1, -0.05) is 27.7 Å². The minimum absolute atomic E-state index is 0.0795. The lowest BCUT2D eigenvalue weighted by Crippen LogP contribution is -2.20. The normalized spacial score (nSPS) is 14.2. The van der Waals surface area contributed by atoms with E-state index in [0.717, 1.165) is 17.7 Å². The van der Waals surface area contributed by atoms with Gasteiger partial charge in [-0.2, -0.15) is 0 Å². The minimum atomic E-state index is -3.72. The molecule has 4 nitrogen and oxygen atoms in total. The maximum absolute atomic E-state index is 11.7. The molecule has 0 saturated carbocycles. The molecule has 0 fully saturated rings. The van der Waals surface area contributed by atoms with Gasteiger partial charge in [-0.15, -0.1) is 0 Å². The van der Waals surface area contributed by atoms with Crippen molar-refractivity contribution in [2.75, 3.05) is 0 Å². The summed E-state index contributed by atoms with van der Waals surface area (Å²) in [5.74, 6) is 0.733. The third-order valence-electron chi connectivity index (χ3n) is 3.29. The third-order valence-corrected chi connectivity index (χ3v) is 4.35. The molecule has 1 aromatic rings. The third kappa shape index (κ3) is 3.96. The number of hydrogen-bond donors (Lipinski definition) is 1. The summed E-state index contributed by atoms with van der Waals surface area (Å²) in [6.07, 6.45) is 0.968. The molecule has 0 aliphatic rings. The zero-order valence-corrected chi connectivity index (χ0v) is 14.0. The van der Waals surface area contributed by atoms with Gasteiger partial charge in [0.1, 0.15) is 5.75 Å². The highest BCUT2D eigenvalue weighted by molar-refractivity contribution is 7.89. The molecule has 0 bridgehead atoms. The van der Waals surface area contributed by atoms with E-state index in [-0.39, 0.29) is 16.4 Å². The van der Waals surface area contributed by atoms with Crippen LogP contribution in [0.25, 0.3) is 0 Å². The maximum atomic E-state index is 11.7. The average Bonchev–Trinajstić information content (AvgIpc) is 2.25. The average molecular weight is 299 g/mol. The Hall–Kier alpha value is -1.07. The van der Waals surface area contributed by atoms with Gasteiger partial charge in [-0.25, -0.2) is 13.6 Å². The Bertz CT molecular complexity index is 586. The van der Waals surface area contributed by atoms with Gasteiger partial charge in [0.05, 0.1) is 11.0 Å². The summed E-state index contributed by atoms with van der Waals surface area (Å²) in [4.78, 5) is 0.166. The van der Waals surface area contributed by atoms with Crippen LogP contribution in [0.1, 0.15) is 52.2 Å². The second-order valence-electron chi connectivity index (χ2n) is 6.25. The van der Waals surface area contributed by atoms with E-state index in [4.69, 9.17) is 9.88 Å². The van der Waals surface area contributed by atoms with Crippen LogP contribution in [-0.4, -0.2) is 14.5 Å². The van der Waals surface area contributed by atoms with Gasteiger partial charge >= 0.3 is 0 Å². The maximum Gasteiger partial charge on any atom is 0.238 e. The number of aryl methyl sites for hydroxylation is 1. The van der Waals surface area contributed by atoms with Crippen molar-refractivity contribution in [1.82, 2.24) is 0 Å². The molecule has 0 spiro atoms. The number of benzene rings is 1. The van der Waals surface area contributed by atoms with Gasteiger partial charge in [0.25, 0.3) is 0 Å². The second kappa shape index (κ2) is 5.74. The van der Waals surface area contributed by atoms with Gasteiger partial charge < -0.3 is 4.74 Å². The van der Waals surface area contributed by atoms with Crippen molar-refractivity contribution in [3.63, 3.8) is 0 Å². The molecule has 114 valence electrons. The number of ether oxygens (including phenoxy) is 1. The second-order valence-corrected chi connectivity index (χ2v) is 7.78. The van der Waals surface area contributed by atoms with Crippen LogP contribution in [0.4, 0.5) is 0 Å². The molecular weight excluding hydrogens is 274 g/mol. The van der Waals surface area contributed by atoms with Gasteiger partial charge in [0, 0.05) is 5.56 Å². The molecule has 0 saturated heterocycles. The largest absolute Gasteiger partial charge is 0.490 e. The van der Waals surface area contributed by atoms with Crippen molar-refractivity contribution in [3.8, 4) is 5.75 Å². The fourth-order valence-electron chi connectivity index (χ4n) is 1.95. The smallest absolute Gasteiger partial charge is 0.238 e. The summed E-state index contributed by atoms with van der Waals surface area (Å²) >= 11 is 0. The predicted molar refractivity (Wildman–Crippen MR) is 81.6 cm³/mol. The van der Waals surface area contributed by atoms with Crippen LogP contribution in [0.5, 0.6) is 5.75 Å². The topological polar surface area (TPSA) is 69.4 Å². The predicted octanol–water partition coefficient (Wildman–Crippen LogP) is 3.12. The molecule has 2 N–H and O–H groups in total. The highest BCUT2D eigenvalue weighted by Crippen LogP contribution is 2.35. The van der Waals surface area contributed by atoms with Gasteiger partial charge in [-0.3, -0.25) is 0 Å². The summed E-state index contributed by atoms with van der Waals surface area (Å²) in [6.45, 7) is 11.8. The number of hydrogen-bond acceptors (Lipinski definition) is 3. The van der Waals surface area contributed by atoms with Crippen molar-refractivity contribution in [3.05, 3.63) is 23.3 Å². The molecule has 0 aromatic heterocycles. The first kappa shape index (κ1) is 17.0. The fourth-order valence-corrected chi connectivity index (χ4v) is 2.74. The lowest BCUT2D eigenvalue weighted by Gasteiger charge is -2.26. The summed E-state index contributed by atoms with van der Waals surface area (Å²) < 4.78 is 29.3. The van der Waals surface area contributed by atoms with Crippen molar-refractivity contribution in [2.24, 2.45) is 5.14 Å². The van der Waals surface area contributed by atoms with Crippen molar-refractivity contribution >= 4 is 10.0 Å². The Morgan fingerprint density at radius 2 is 1.85 bits per heavy atom. The van der Waals surface area contributed by atoms with Crippen LogP contribution < -0.4 is 9.88 Å². The molecule has 5 heteroatoms. The number of nitrogens with two attached hydrogens (primary N) is 1. The van der Waals surface area contributed by atoms with Gasteiger partial charge in [0.15, 0.2) is 0 Å². The Morgan fingerprint density at radius 3 is 2.25 bits per heavy atom. The van der Waals surface area contributed by atoms with Crippen LogP contribution >= 0.6 is 0 Å². The van der Waals surface area contributed by atoms with Crippen LogP contribution in [0, 0.1) is 6.92 Å². The van der Waals surface area contributed by atoms with Crippen LogP contribution in [0.2, 0.25) is 0 Å². The fraction of sp³-hybridized carbons (Fsp3) is 0.600. The lowest BCUT2D eigenvalue weighted by atomic mass is 9.86. The van der Waals surface area contributed by atoms with E-state index in [2.05, 4.69) is 0 Å². The molecule has 20 heavy (non-hydrogen) atoms. The summed E-state index contributed by atoms with van der Waals surface area (Å²) in [7, 11) is -3.72. The van der Waals surface area contributed by atoms with E-state index in [1.165, 1.54) is 0 Å². The molecular formula is C15H25NO3S. The molecule has 0 amide bonds. The quantitative estimate of drug-likeness (QED) is 0.928. The van der Waals surface area contributed by atoms with E-state index in [9.17, 15) is 8.42 Å².